The van der Waals surface area contributed by atoms with E-state index >= 15 is 0 Å². The van der Waals surface area contributed by atoms with Crippen LogP contribution in [0.2, 0.25) is 0 Å². The lowest BCUT2D eigenvalue weighted by atomic mass is 10.2. The Hall–Kier alpha value is -1.61. The third kappa shape index (κ3) is 6.00. The Morgan fingerprint density at radius 3 is 1.68 bits per heavy atom. The summed E-state index contributed by atoms with van der Waals surface area (Å²) in [6.45, 7) is 9.35. The van der Waals surface area contributed by atoms with Gasteiger partial charge >= 0.3 is 12.2 Å². The van der Waals surface area contributed by atoms with E-state index in [2.05, 4.69) is 15.9 Å². The third-order valence-electron chi connectivity index (χ3n) is 2.47. The van der Waals surface area contributed by atoms with Crippen LogP contribution in [0.1, 0.15) is 41.5 Å². The summed E-state index contributed by atoms with van der Waals surface area (Å²) in [5.41, 5.74) is -2.00. The molecule has 0 aromatic heterocycles. The third-order valence-corrected chi connectivity index (χ3v) is 5.12. The van der Waals surface area contributed by atoms with Crippen molar-refractivity contribution in [2.75, 3.05) is 0 Å². The first kappa shape index (κ1) is 21.4. The van der Waals surface area contributed by atoms with Crippen molar-refractivity contribution in [2.24, 2.45) is 0 Å². The number of carbonyl (C=O) groups excluding carboxylic acids is 2. The second-order valence-corrected chi connectivity index (χ2v) is 9.77. The zero-order valence-corrected chi connectivity index (χ0v) is 17.4. The Balaban J connectivity index is 3.43. The lowest BCUT2D eigenvalue weighted by Gasteiger charge is -2.28. The standard InChI is InChI=1S/C16H22BrNO6S/c1-15(2,3)23-13(19)18(14(20)24-16(4,5)6)25(21,22)12-10-8-7-9-11(12)17/h7-10H,1-6H3. The van der Waals surface area contributed by atoms with Gasteiger partial charge < -0.3 is 9.47 Å². The van der Waals surface area contributed by atoms with Gasteiger partial charge in [-0.2, -0.15) is 0 Å². The van der Waals surface area contributed by atoms with Crippen molar-refractivity contribution in [1.82, 2.24) is 4.31 Å². The lowest BCUT2D eigenvalue weighted by Crippen LogP contribution is -2.46. The highest BCUT2D eigenvalue weighted by Gasteiger charge is 2.42. The first-order valence-electron chi connectivity index (χ1n) is 7.41. The monoisotopic (exact) mass is 435 g/mol. The smallest absolute Gasteiger partial charge is 0.434 e. The van der Waals surface area contributed by atoms with Crippen molar-refractivity contribution in [2.45, 2.75) is 57.6 Å². The normalized spacial score (nSPS) is 12.4. The number of sulfonamides is 1. The maximum Gasteiger partial charge on any atom is 0.434 e. The average Bonchev–Trinajstić information content (AvgIpc) is 2.33. The van der Waals surface area contributed by atoms with E-state index in [1.165, 1.54) is 18.2 Å². The number of imide groups is 1. The van der Waals surface area contributed by atoms with E-state index in [1.54, 1.807) is 47.6 Å². The molecule has 0 atom stereocenters. The van der Waals surface area contributed by atoms with E-state index in [1.807, 2.05) is 0 Å². The summed E-state index contributed by atoms with van der Waals surface area (Å²) in [4.78, 5) is 24.6. The topological polar surface area (TPSA) is 90.0 Å². The molecule has 0 radical (unpaired) electrons. The van der Waals surface area contributed by atoms with Gasteiger partial charge in [-0.1, -0.05) is 16.4 Å². The number of nitrogens with zero attached hydrogens (tertiary/aromatic N) is 1. The molecule has 2 amide bonds. The SMILES string of the molecule is CC(C)(C)OC(=O)N(C(=O)OC(C)(C)C)S(=O)(=O)c1ccccc1Br. The number of carbonyl (C=O) groups is 2. The van der Waals surface area contributed by atoms with Crippen molar-refractivity contribution < 1.29 is 27.5 Å². The van der Waals surface area contributed by atoms with Gasteiger partial charge in [0.2, 0.25) is 0 Å². The molecule has 9 heteroatoms. The Bertz CT molecular complexity index is 734. The molecule has 0 fully saturated rings. The molecule has 7 nitrogen and oxygen atoms in total. The van der Waals surface area contributed by atoms with Gasteiger partial charge in [0, 0.05) is 4.47 Å². The zero-order chi connectivity index (χ0) is 19.6. The molecule has 1 aromatic carbocycles. The highest BCUT2D eigenvalue weighted by molar-refractivity contribution is 9.10. The highest BCUT2D eigenvalue weighted by Crippen LogP contribution is 2.27. The van der Waals surface area contributed by atoms with E-state index < -0.39 is 33.4 Å². The molecule has 1 aromatic rings. The van der Waals surface area contributed by atoms with Gasteiger partial charge in [0.15, 0.2) is 0 Å². The number of amides is 2. The van der Waals surface area contributed by atoms with Crippen LogP contribution in [-0.4, -0.2) is 36.1 Å². The minimum atomic E-state index is -4.54. The van der Waals surface area contributed by atoms with Gasteiger partial charge in [0.25, 0.3) is 10.0 Å². The van der Waals surface area contributed by atoms with Crippen molar-refractivity contribution in [3.8, 4) is 0 Å². The van der Waals surface area contributed by atoms with E-state index in [0.717, 1.165) is 0 Å². The second-order valence-electron chi connectivity index (χ2n) is 7.16. The molecule has 0 aliphatic heterocycles. The van der Waals surface area contributed by atoms with E-state index in [0.29, 0.717) is 0 Å². The number of hydrogen-bond acceptors (Lipinski definition) is 6. The van der Waals surface area contributed by atoms with Gasteiger partial charge in [0.05, 0.1) is 0 Å². The number of hydrogen-bond donors (Lipinski definition) is 0. The predicted octanol–water partition coefficient (Wildman–Crippen LogP) is 4.31. The molecule has 140 valence electrons. The van der Waals surface area contributed by atoms with Crippen LogP contribution in [0.4, 0.5) is 9.59 Å². The minimum absolute atomic E-state index is 0.00356. The van der Waals surface area contributed by atoms with Gasteiger partial charge in [0.1, 0.15) is 16.1 Å². The van der Waals surface area contributed by atoms with E-state index in [-0.39, 0.29) is 13.7 Å². The van der Waals surface area contributed by atoms with Crippen molar-refractivity contribution in [1.29, 1.82) is 0 Å². The molecule has 0 spiro atoms. The molecular formula is C16H22BrNO6S. The molecule has 0 saturated carbocycles. The summed E-state index contributed by atoms with van der Waals surface area (Å²) >= 11 is 3.11. The van der Waals surface area contributed by atoms with Gasteiger partial charge in [-0.05, 0) is 69.6 Å². The highest BCUT2D eigenvalue weighted by atomic mass is 79.9. The Morgan fingerprint density at radius 1 is 0.920 bits per heavy atom. The van der Waals surface area contributed by atoms with Crippen molar-refractivity contribution >= 4 is 38.1 Å². The number of halogens is 1. The molecule has 0 aliphatic rings. The van der Waals surface area contributed by atoms with Gasteiger partial charge in [-0.15, -0.1) is 0 Å². The molecule has 0 bridgehead atoms. The van der Waals surface area contributed by atoms with Crippen LogP contribution in [0.25, 0.3) is 0 Å². The quantitative estimate of drug-likeness (QED) is 0.686. The Morgan fingerprint density at radius 2 is 1.32 bits per heavy atom. The van der Waals surface area contributed by atoms with Crippen LogP contribution in [0.15, 0.2) is 33.6 Å². The maximum absolute atomic E-state index is 12.9. The molecule has 0 aliphatic carbocycles. The Labute approximate surface area is 156 Å². The van der Waals surface area contributed by atoms with E-state index in [4.69, 9.17) is 9.47 Å². The minimum Gasteiger partial charge on any atom is -0.443 e. The summed E-state index contributed by atoms with van der Waals surface area (Å²) < 4.78 is 36.2. The molecule has 0 unspecified atom stereocenters. The second kappa shape index (κ2) is 7.33. The number of rotatable bonds is 2. The number of ether oxygens (including phenoxy) is 2. The zero-order valence-electron chi connectivity index (χ0n) is 15.0. The summed E-state index contributed by atoms with van der Waals surface area (Å²) in [6, 6.07) is 5.82. The molecule has 25 heavy (non-hydrogen) atoms. The fourth-order valence-electron chi connectivity index (χ4n) is 1.63. The van der Waals surface area contributed by atoms with Crippen LogP contribution >= 0.6 is 15.9 Å². The number of benzene rings is 1. The van der Waals surface area contributed by atoms with Crippen LogP contribution in [0.5, 0.6) is 0 Å². The van der Waals surface area contributed by atoms with Gasteiger partial charge in [-0.3, -0.25) is 0 Å². The fraction of sp³-hybridized carbons (Fsp3) is 0.500. The summed E-state index contributed by atoms with van der Waals surface area (Å²) in [5, 5.41) is 0. The van der Waals surface area contributed by atoms with Crippen LogP contribution in [0, 0.1) is 0 Å². The summed E-state index contributed by atoms with van der Waals surface area (Å²) in [5.74, 6) is 0. The largest absolute Gasteiger partial charge is 0.443 e. The average molecular weight is 436 g/mol. The van der Waals surface area contributed by atoms with Crippen molar-refractivity contribution in [3.63, 3.8) is 0 Å². The van der Waals surface area contributed by atoms with Gasteiger partial charge in [-0.25, -0.2) is 18.0 Å². The molecule has 0 saturated heterocycles. The maximum atomic E-state index is 12.9. The molecule has 1 rings (SSSR count). The van der Waals surface area contributed by atoms with Crippen LogP contribution < -0.4 is 0 Å². The first-order chi connectivity index (χ1) is 11.1. The molecule has 0 heterocycles. The fourth-order valence-corrected chi connectivity index (χ4v) is 3.76. The van der Waals surface area contributed by atoms with Crippen LogP contribution in [-0.2, 0) is 19.5 Å². The Kier molecular flexibility index (Phi) is 6.28. The lowest BCUT2D eigenvalue weighted by molar-refractivity contribution is 0.0174. The van der Waals surface area contributed by atoms with Crippen molar-refractivity contribution in [3.05, 3.63) is 28.7 Å². The summed E-state index contributed by atoms with van der Waals surface area (Å²) in [6.07, 6.45) is -2.67. The molecular weight excluding hydrogens is 414 g/mol. The predicted molar refractivity (Wildman–Crippen MR) is 95.6 cm³/mol. The molecule has 0 N–H and O–H groups in total. The summed E-state index contributed by atoms with van der Waals surface area (Å²) in [7, 11) is -4.54. The van der Waals surface area contributed by atoms with Crippen LogP contribution in [0.3, 0.4) is 0 Å². The first-order valence-corrected chi connectivity index (χ1v) is 9.64. The van der Waals surface area contributed by atoms with E-state index in [9.17, 15) is 18.0 Å².